The van der Waals surface area contributed by atoms with E-state index in [9.17, 15) is 0 Å². The Morgan fingerprint density at radius 3 is 1.62 bits per heavy atom. The minimum Gasteiger partial charge on any atom is -0.251 e. The van der Waals surface area contributed by atoms with Gasteiger partial charge in [0.05, 0.1) is 5.52 Å². The Morgan fingerprint density at radius 1 is 0.542 bits per heavy atom. The van der Waals surface area contributed by atoms with Crippen LogP contribution in [0.15, 0.2) is 0 Å². The quantitative estimate of drug-likeness (QED) is 0.526. The molecule has 0 saturated heterocycles. The molecule has 1 aromatic carbocycles. The van der Waals surface area contributed by atoms with Gasteiger partial charge < -0.3 is 0 Å². The number of rotatable bonds is 0. The van der Waals surface area contributed by atoms with Crippen molar-refractivity contribution >= 4 is 21.8 Å². The predicted molar refractivity (Wildman–Crippen MR) is 102 cm³/mol. The van der Waals surface area contributed by atoms with Gasteiger partial charge >= 0.3 is 0 Å². The highest BCUT2D eigenvalue weighted by Crippen LogP contribution is 2.35. The first-order chi connectivity index (χ1) is 11.0. The maximum absolute atomic E-state index is 4.98. The summed E-state index contributed by atoms with van der Waals surface area (Å²) in [7, 11) is 0. The number of nitrogens with zero attached hydrogens (tertiary/aromatic N) is 3. The van der Waals surface area contributed by atoms with Crippen LogP contribution in [0.4, 0.5) is 0 Å². The van der Waals surface area contributed by atoms with Gasteiger partial charge in [-0.2, -0.15) is 0 Å². The third-order valence-electron chi connectivity index (χ3n) is 5.29. The summed E-state index contributed by atoms with van der Waals surface area (Å²) in [5, 5.41) is 2.41. The number of aromatic nitrogens is 3. The molecule has 0 unspecified atom stereocenters. The molecule has 0 aliphatic rings. The molecule has 3 heteroatoms. The highest BCUT2D eigenvalue weighted by molar-refractivity contribution is 6.08. The topological polar surface area (TPSA) is 38.7 Å². The summed E-state index contributed by atoms with van der Waals surface area (Å²) in [6, 6.07) is 0. The summed E-state index contributed by atoms with van der Waals surface area (Å²) in [5.74, 6) is 0.884. The van der Waals surface area contributed by atoms with Crippen molar-refractivity contribution in [1.82, 2.24) is 15.0 Å². The van der Waals surface area contributed by atoms with Crippen LogP contribution >= 0.6 is 0 Å². The molecule has 0 atom stereocenters. The summed E-state index contributed by atoms with van der Waals surface area (Å²) in [6.45, 7) is 19.4. The molecular formula is C21H27N3. The molecule has 2 heterocycles. The van der Waals surface area contributed by atoms with Gasteiger partial charge in [-0.05, 0) is 63.8 Å². The maximum atomic E-state index is 4.98. The van der Waals surface area contributed by atoms with Crippen LogP contribution in [0.2, 0.25) is 0 Å². The van der Waals surface area contributed by atoms with Crippen LogP contribution in [0.1, 0.15) is 60.2 Å². The van der Waals surface area contributed by atoms with Crippen LogP contribution in [-0.2, 0) is 5.41 Å². The van der Waals surface area contributed by atoms with Crippen LogP contribution in [0.3, 0.4) is 0 Å². The molecular weight excluding hydrogens is 294 g/mol. The molecule has 0 radical (unpaired) electrons. The van der Waals surface area contributed by atoms with E-state index in [4.69, 9.17) is 15.0 Å². The van der Waals surface area contributed by atoms with E-state index in [2.05, 4.69) is 62.3 Å². The highest BCUT2D eigenvalue weighted by Gasteiger charge is 2.22. The normalized spacial score (nSPS) is 12.4. The van der Waals surface area contributed by atoms with Crippen LogP contribution < -0.4 is 0 Å². The Hall–Kier alpha value is -2.03. The summed E-state index contributed by atoms with van der Waals surface area (Å²) >= 11 is 0. The molecule has 3 nitrogen and oxygen atoms in total. The molecule has 0 aliphatic carbocycles. The van der Waals surface area contributed by atoms with Gasteiger partial charge in [0.15, 0.2) is 0 Å². The van der Waals surface area contributed by atoms with Crippen molar-refractivity contribution < 1.29 is 0 Å². The average Bonchev–Trinajstić information content (AvgIpc) is 2.48. The highest BCUT2D eigenvalue weighted by atomic mass is 14.9. The van der Waals surface area contributed by atoms with E-state index < -0.39 is 0 Å². The van der Waals surface area contributed by atoms with Gasteiger partial charge in [0.25, 0.3) is 0 Å². The lowest BCUT2D eigenvalue weighted by atomic mass is 9.91. The van der Waals surface area contributed by atoms with Gasteiger partial charge in [0.2, 0.25) is 0 Å². The van der Waals surface area contributed by atoms with Crippen molar-refractivity contribution in [2.45, 2.75) is 67.7 Å². The van der Waals surface area contributed by atoms with E-state index in [1.165, 1.54) is 27.6 Å². The summed E-state index contributed by atoms with van der Waals surface area (Å²) in [4.78, 5) is 14.7. The second-order valence-corrected chi connectivity index (χ2v) is 8.03. The number of hydrogen-bond acceptors (Lipinski definition) is 3. The van der Waals surface area contributed by atoms with Crippen molar-refractivity contribution in [2.75, 3.05) is 0 Å². The molecule has 3 rings (SSSR count). The number of hydrogen-bond donors (Lipinski definition) is 0. The maximum Gasteiger partial charge on any atom is 0.134 e. The Bertz CT molecular complexity index is 992. The molecule has 0 fully saturated rings. The fraction of sp³-hybridized carbons (Fsp3) is 0.476. The molecule has 126 valence electrons. The Labute approximate surface area is 144 Å². The van der Waals surface area contributed by atoms with Crippen molar-refractivity contribution in [1.29, 1.82) is 0 Å². The van der Waals surface area contributed by atoms with Gasteiger partial charge in [-0.3, -0.25) is 4.98 Å². The van der Waals surface area contributed by atoms with Crippen LogP contribution in [0.25, 0.3) is 21.8 Å². The molecule has 0 N–H and O–H groups in total. The van der Waals surface area contributed by atoms with E-state index in [1.807, 2.05) is 0 Å². The molecule has 0 spiro atoms. The fourth-order valence-electron chi connectivity index (χ4n) is 3.48. The third kappa shape index (κ3) is 2.29. The molecule has 0 bridgehead atoms. The average molecular weight is 321 g/mol. The molecule has 0 aliphatic heterocycles. The van der Waals surface area contributed by atoms with Crippen LogP contribution in [0, 0.1) is 41.5 Å². The zero-order valence-corrected chi connectivity index (χ0v) is 16.3. The van der Waals surface area contributed by atoms with Crippen molar-refractivity contribution in [2.24, 2.45) is 0 Å². The van der Waals surface area contributed by atoms with Gasteiger partial charge in [0.1, 0.15) is 11.3 Å². The standard InChI is InChI=1S/C21H27N3/c1-10-11(2)16-12(3)13(4)17-15(6)23-20(21(7,8)9)24-19(17)18(16)22-14(10)5/h1-9H3. The minimum atomic E-state index is -0.0845. The molecule has 0 amide bonds. The summed E-state index contributed by atoms with van der Waals surface area (Å²) in [5.41, 5.74) is 9.20. The van der Waals surface area contributed by atoms with E-state index >= 15 is 0 Å². The second-order valence-electron chi connectivity index (χ2n) is 8.03. The zero-order valence-electron chi connectivity index (χ0n) is 16.3. The van der Waals surface area contributed by atoms with Gasteiger partial charge in [-0.25, -0.2) is 9.97 Å². The monoisotopic (exact) mass is 321 g/mol. The number of fused-ring (bicyclic) bond motifs is 3. The molecule has 2 aromatic heterocycles. The van der Waals surface area contributed by atoms with Crippen LogP contribution in [-0.4, -0.2) is 15.0 Å². The van der Waals surface area contributed by atoms with Crippen LogP contribution in [0.5, 0.6) is 0 Å². The summed E-state index contributed by atoms with van der Waals surface area (Å²) in [6.07, 6.45) is 0. The van der Waals surface area contributed by atoms with Gasteiger partial charge in [-0.15, -0.1) is 0 Å². The minimum absolute atomic E-state index is 0.0845. The lowest BCUT2D eigenvalue weighted by Crippen LogP contribution is -2.17. The van der Waals surface area contributed by atoms with Crippen molar-refractivity contribution in [3.8, 4) is 0 Å². The predicted octanol–water partition coefficient (Wildman–Crippen LogP) is 5.33. The lowest BCUT2D eigenvalue weighted by Gasteiger charge is -2.21. The first kappa shape index (κ1) is 16.8. The summed E-state index contributed by atoms with van der Waals surface area (Å²) < 4.78 is 0. The number of benzene rings is 1. The lowest BCUT2D eigenvalue weighted by molar-refractivity contribution is 0.546. The van der Waals surface area contributed by atoms with Gasteiger partial charge in [-0.1, -0.05) is 20.8 Å². The second kappa shape index (κ2) is 5.23. The van der Waals surface area contributed by atoms with Crippen molar-refractivity contribution in [3.63, 3.8) is 0 Å². The molecule has 0 saturated carbocycles. The SMILES string of the molecule is Cc1nc2c(c(C)c1C)c(C)c(C)c1c(C)nc(C(C)(C)C)nc12. The van der Waals surface area contributed by atoms with E-state index in [1.54, 1.807) is 0 Å². The van der Waals surface area contributed by atoms with E-state index in [-0.39, 0.29) is 5.41 Å². The number of aryl methyl sites for hydroxylation is 5. The first-order valence-electron chi connectivity index (χ1n) is 8.59. The Morgan fingerprint density at radius 2 is 1.04 bits per heavy atom. The largest absolute Gasteiger partial charge is 0.251 e. The van der Waals surface area contributed by atoms with Crippen molar-refractivity contribution in [3.05, 3.63) is 39.5 Å². The van der Waals surface area contributed by atoms with E-state index in [0.29, 0.717) is 0 Å². The zero-order chi connectivity index (χ0) is 18.0. The molecule has 3 aromatic rings. The smallest absolute Gasteiger partial charge is 0.134 e. The first-order valence-corrected chi connectivity index (χ1v) is 8.59. The van der Waals surface area contributed by atoms with Gasteiger partial charge in [0, 0.05) is 27.6 Å². The third-order valence-corrected chi connectivity index (χ3v) is 5.29. The Kier molecular flexibility index (Phi) is 3.67. The Balaban J connectivity index is 2.65. The molecule has 24 heavy (non-hydrogen) atoms. The number of pyridine rings is 1. The van der Waals surface area contributed by atoms with E-state index in [0.717, 1.165) is 33.6 Å². The fourth-order valence-corrected chi connectivity index (χ4v) is 3.48.